The van der Waals surface area contributed by atoms with Crippen molar-refractivity contribution in [2.75, 3.05) is 5.32 Å². The zero-order chi connectivity index (χ0) is 9.05. The first-order chi connectivity index (χ1) is 6.21. The zero-order valence-corrected chi connectivity index (χ0v) is 7.00. The van der Waals surface area contributed by atoms with Crippen molar-refractivity contribution in [1.29, 1.82) is 0 Å². The molecule has 1 heterocycles. The molecule has 1 aliphatic heterocycles. The van der Waals surface area contributed by atoms with Crippen LogP contribution < -0.4 is 5.32 Å². The molecule has 1 spiro atoms. The Kier molecular flexibility index (Phi) is 0.998. The molecule has 1 saturated carbocycles. The number of phenolic OH excluding ortho intramolecular Hbond substituents is 1. The maximum absolute atomic E-state index is 11.7. The number of benzene rings is 1. The predicted molar refractivity (Wildman–Crippen MR) is 48.0 cm³/mol. The molecule has 3 nitrogen and oxygen atoms in total. The van der Waals surface area contributed by atoms with Crippen LogP contribution in [0.15, 0.2) is 18.2 Å². The summed E-state index contributed by atoms with van der Waals surface area (Å²) in [5, 5.41) is 12.4. The Labute approximate surface area is 75.4 Å². The van der Waals surface area contributed by atoms with Gasteiger partial charge in [0.2, 0.25) is 0 Å². The topological polar surface area (TPSA) is 49.3 Å². The second-order valence-corrected chi connectivity index (χ2v) is 3.77. The maximum atomic E-state index is 11.7. The molecular weight excluding hydrogens is 166 g/mol. The quantitative estimate of drug-likeness (QED) is 0.628. The summed E-state index contributed by atoms with van der Waals surface area (Å²) < 4.78 is 0. The number of carbonyl (C=O) groups is 1. The number of aromatic hydroxyl groups is 1. The van der Waals surface area contributed by atoms with Gasteiger partial charge in [0.15, 0.2) is 5.78 Å². The SMILES string of the molecule is O=C1c2ccc(O)cc2NC12CC2. The summed E-state index contributed by atoms with van der Waals surface area (Å²) in [4.78, 5) is 11.7. The van der Waals surface area contributed by atoms with E-state index in [4.69, 9.17) is 0 Å². The molecule has 1 aromatic rings. The van der Waals surface area contributed by atoms with Crippen LogP contribution in [0.5, 0.6) is 5.75 Å². The van der Waals surface area contributed by atoms with E-state index in [9.17, 15) is 9.90 Å². The number of ketones is 1. The third-order valence-corrected chi connectivity index (χ3v) is 2.81. The molecule has 0 saturated heterocycles. The minimum absolute atomic E-state index is 0.183. The van der Waals surface area contributed by atoms with Gasteiger partial charge in [0.25, 0.3) is 0 Å². The Morgan fingerprint density at radius 2 is 2.15 bits per heavy atom. The van der Waals surface area contributed by atoms with Gasteiger partial charge in [-0.3, -0.25) is 4.79 Å². The summed E-state index contributed by atoms with van der Waals surface area (Å²) in [6.45, 7) is 0. The Morgan fingerprint density at radius 3 is 2.85 bits per heavy atom. The number of anilines is 1. The normalized spacial score (nSPS) is 21.4. The van der Waals surface area contributed by atoms with Gasteiger partial charge in [-0.1, -0.05) is 0 Å². The van der Waals surface area contributed by atoms with Crippen LogP contribution in [-0.4, -0.2) is 16.4 Å². The van der Waals surface area contributed by atoms with Gasteiger partial charge in [0.05, 0.1) is 0 Å². The van der Waals surface area contributed by atoms with Crippen molar-refractivity contribution in [2.45, 2.75) is 18.4 Å². The van der Waals surface area contributed by atoms with Crippen LogP contribution in [0.2, 0.25) is 0 Å². The van der Waals surface area contributed by atoms with E-state index in [2.05, 4.69) is 5.32 Å². The molecule has 3 heteroatoms. The first kappa shape index (κ1) is 6.95. The Balaban J connectivity index is 2.17. The van der Waals surface area contributed by atoms with Gasteiger partial charge in [0, 0.05) is 17.3 Å². The van der Waals surface area contributed by atoms with E-state index in [0.717, 1.165) is 24.1 Å². The Hall–Kier alpha value is -1.51. The third-order valence-electron chi connectivity index (χ3n) is 2.81. The molecule has 1 aliphatic carbocycles. The summed E-state index contributed by atoms with van der Waals surface area (Å²) in [5.74, 6) is 0.388. The van der Waals surface area contributed by atoms with Crippen molar-refractivity contribution < 1.29 is 9.90 Å². The average Bonchev–Trinajstić information content (AvgIpc) is 2.79. The minimum Gasteiger partial charge on any atom is -0.508 e. The van der Waals surface area contributed by atoms with Crippen molar-refractivity contribution >= 4 is 11.5 Å². The summed E-state index contributed by atoms with van der Waals surface area (Å²) in [7, 11) is 0. The van der Waals surface area contributed by atoms with Crippen LogP contribution in [-0.2, 0) is 0 Å². The molecular formula is C10H9NO2. The van der Waals surface area contributed by atoms with Crippen molar-refractivity contribution in [3.8, 4) is 5.75 Å². The van der Waals surface area contributed by atoms with E-state index >= 15 is 0 Å². The van der Waals surface area contributed by atoms with Crippen LogP contribution in [0.4, 0.5) is 5.69 Å². The van der Waals surface area contributed by atoms with Gasteiger partial charge < -0.3 is 10.4 Å². The smallest absolute Gasteiger partial charge is 0.190 e. The number of rotatable bonds is 0. The molecule has 13 heavy (non-hydrogen) atoms. The van der Waals surface area contributed by atoms with Gasteiger partial charge in [-0.05, 0) is 25.0 Å². The van der Waals surface area contributed by atoms with Gasteiger partial charge >= 0.3 is 0 Å². The lowest BCUT2D eigenvalue weighted by Crippen LogP contribution is -2.23. The number of hydrogen-bond acceptors (Lipinski definition) is 3. The predicted octanol–water partition coefficient (Wildman–Crippen LogP) is 1.53. The second-order valence-electron chi connectivity index (χ2n) is 3.77. The Morgan fingerprint density at radius 1 is 1.38 bits per heavy atom. The fourth-order valence-electron chi connectivity index (χ4n) is 1.88. The van der Waals surface area contributed by atoms with Crippen molar-refractivity contribution in [2.24, 2.45) is 0 Å². The van der Waals surface area contributed by atoms with Crippen molar-refractivity contribution in [3.63, 3.8) is 0 Å². The molecule has 0 unspecified atom stereocenters. The third kappa shape index (κ3) is 0.763. The first-order valence-corrected chi connectivity index (χ1v) is 4.37. The van der Waals surface area contributed by atoms with Crippen LogP contribution in [0, 0.1) is 0 Å². The maximum Gasteiger partial charge on any atom is 0.190 e. The molecule has 0 atom stereocenters. The molecule has 1 fully saturated rings. The van der Waals surface area contributed by atoms with Gasteiger partial charge in [0.1, 0.15) is 11.3 Å². The molecule has 1 aromatic carbocycles. The van der Waals surface area contributed by atoms with Crippen molar-refractivity contribution in [1.82, 2.24) is 0 Å². The highest BCUT2D eigenvalue weighted by atomic mass is 16.3. The van der Waals surface area contributed by atoms with E-state index in [-0.39, 0.29) is 17.1 Å². The molecule has 3 rings (SSSR count). The van der Waals surface area contributed by atoms with E-state index in [0.29, 0.717) is 0 Å². The molecule has 0 bridgehead atoms. The van der Waals surface area contributed by atoms with E-state index in [1.165, 1.54) is 0 Å². The highest BCUT2D eigenvalue weighted by Crippen LogP contribution is 2.48. The largest absolute Gasteiger partial charge is 0.508 e. The monoisotopic (exact) mass is 175 g/mol. The molecule has 0 aromatic heterocycles. The summed E-state index contributed by atoms with van der Waals surface area (Å²) in [6.07, 6.45) is 1.84. The zero-order valence-electron chi connectivity index (χ0n) is 7.00. The number of nitrogens with one attached hydrogen (secondary N) is 1. The minimum atomic E-state index is -0.296. The first-order valence-electron chi connectivity index (χ1n) is 4.37. The highest BCUT2D eigenvalue weighted by molar-refractivity contribution is 6.15. The fourth-order valence-corrected chi connectivity index (χ4v) is 1.88. The van der Waals surface area contributed by atoms with Gasteiger partial charge in [-0.25, -0.2) is 0 Å². The number of carbonyl (C=O) groups excluding carboxylic acids is 1. The van der Waals surface area contributed by atoms with Crippen LogP contribution in [0.1, 0.15) is 23.2 Å². The Bertz CT molecular complexity index is 407. The molecule has 0 amide bonds. The van der Waals surface area contributed by atoms with Crippen LogP contribution in [0.3, 0.4) is 0 Å². The lowest BCUT2D eigenvalue weighted by molar-refractivity contribution is 0.0969. The number of fused-ring (bicyclic) bond motifs is 1. The lowest BCUT2D eigenvalue weighted by Gasteiger charge is -2.03. The van der Waals surface area contributed by atoms with Gasteiger partial charge in [-0.2, -0.15) is 0 Å². The lowest BCUT2D eigenvalue weighted by atomic mass is 10.1. The fraction of sp³-hybridized carbons (Fsp3) is 0.300. The highest BCUT2D eigenvalue weighted by Gasteiger charge is 2.54. The molecule has 2 aliphatic rings. The molecule has 2 N–H and O–H groups in total. The van der Waals surface area contributed by atoms with E-state index in [1.807, 2.05) is 0 Å². The van der Waals surface area contributed by atoms with E-state index in [1.54, 1.807) is 18.2 Å². The molecule has 66 valence electrons. The number of phenols is 1. The van der Waals surface area contributed by atoms with E-state index < -0.39 is 0 Å². The summed E-state index contributed by atoms with van der Waals surface area (Å²) in [5.41, 5.74) is 1.20. The standard InChI is InChI=1S/C10H9NO2/c12-6-1-2-7-8(5-6)11-10(3-4-10)9(7)13/h1-2,5,11-12H,3-4H2. The number of Topliss-reactive ketones (excluding diaryl/α,β-unsaturated/α-hetero) is 1. The average molecular weight is 175 g/mol. The van der Waals surface area contributed by atoms with Gasteiger partial charge in [-0.15, -0.1) is 0 Å². The summed E-state index contributed by atoms with van der Waals surface area (Å²) >= 11 is 0. The van der Waals surface area contributed by atoms with Crippen LogP contribution >= 0.6 is 0 Å². The molecule has 0 radical (unpaired) electrons. The van der Waals surface area contributed by atoms with Crippen LogP contribution in [0.25, 0.3) is 0 Å². The second kappa shape index (κ2) is 1.87. The number of hydrogen-bond donors (Lipinski definition) is 2. The van der Waals surface area contributed by atoms with Crippen molar-refractivity contribution in [3.05, 3.63) is 23.8 Å². The summed E-state index contributed by atoms with van der Waals surface area (Å²) in [6, 6.07) is 4.85.